The molecule has 1 atom stereocenters. The first-order valence-electron chi connectivity index (χ1n) is 8.50. The lowest BCUT2D eigenvalue weighted by Crippen LogP contribution is -2.37. The minimum Gasteiger partial charge on any atom is -0.454 e. The summed E-state index contributed by atoms with van der Waals surface area (Å²) in [6.07, 6.45) is 3.85. The first-order chi connectivity index (χ1) is 12.3. The van der Waals surface area contributed by atoms with Gasteiger partial charge in [0.25, 0.3) is 5.91 Å². The number of hydrogen-bond acceptors (Lipinski definition) is 5. The average molecular weight is 340 g/mol. The predicted molar refractivity (Wildman–Crippen MR) is 90.5 cm³/mol. The van der Waals surface area contributed by atoms with E-state index in [1.807, 2.05) is 18.2 Å². The maximum atomic E-state index is 13.1. The molecule has 25 heavy (non-hydrogen) atoms. The number of rotatable bonds is 5. The van der Waals surface area contributed by atoms with Crippen molar-refractivity contribution in [2.24, 2.45) is 0 Å². The van der Waals surface area contributed by atoms with Crippen LogP contribution in [0, 0.1) is 0 Å². The molecule has 130 valence electrons. The number of carbonyl (C=O) groups is 1. The van der Waals surface area contributed by atoms with Gasteiger partial charge in [-0.25, -0.2) is 0 Å². The largest absolute Gasteiger partial charge is 0.454 e. The standard InChI is InChI=1S/C19H20N2O4/c22-19(14-6-7-17-18(10-14)25-13-24-17)21(12-16-5-3-9-23-16)11-15-4-1-2-8-20-15/h1-2,4,6-8,10,16H,3,5,9,11-13H2/t16-/m1/s1. The van der Waals surface area contributed by atoms with Gasteiger partial charge in [-0.2, -0.15) is 0 Å². The van der Waals surface area contributed by atoms with Crippen molar-refractivity contribution < 1.29 is 19.0 Å². The molecule has 0 bridgehead atoms. The van der Waals surface area contributed by atoms with Crippen molar-refractivity contribution in [3.05, 3.63) is 53.9 Å². The quantitative estimate of drug-likeness (QED) is 0.837. The summed E-state index contributed by atoms with van der Waals surface area (Å²) in [7, 11) is 0. The molecule has 1 fully saturated rings. The van der Waals surface area contributed by atoms with Crippen LogP contribution in [0.3, 0.4) is 0 Å². The highest BCUT2D eigenvalue weighted by atomic mass is 16.7. The normalized spacial score (nSPS) is 18.3. The number of ether oxygens (including phenoxy) is 3. The Kier molecular flexibility index (Phi) is 4.52. The minimum absolute atomic E-state index is 0.0561. The van der Waals surface area contributed by atoms with Gasteiger partial charge in [-0.15, -0.1) is 0 Å². The molecule has 1 aromatic heterocycles. The van der Waals surface area contributed by atoms with Gasteiger partial charge in [-0.05, 0) is 43.2 Å². The third-order valence-corrected chi connectivity index (χ3v) is 4.43. The molecule has 0 saturated carbocycles. The molecule has 2 aromatic rings. The van der Waals surface area contributed by atoms with Crippen molar-refractivity contribution in [1.82, 2.24) is 9.88 Å². The fourth-order valence-electron chi connectivity index (χ4n) is 3.15. The maximum Gasteiger partial charge on any atom is 0.254 e. The highest BCUT2D eigenvalue weighted by Gasteiger charge is 2.25. The van der Waals surface area contributed by atoms with Crippen molar-refractivity contribution >= 4 is 5.91 Å². The highest BCUT2D eigenvalue weighted by molar-refractivity contribution is 5.95. The van der Waals surface area contributed by atoms with Gasteiger partial charge in [0, 0.05) is 24.9 Å². The molecule has 1 amide bonds. The van der Waals surface area contributed by atoms with E-state index in [0.717, 1.165) is 25.1 Å². The fraction of sp³-hybridized carbons (Fsp3) is 0.368. The topological polar surface area (TPSA) is 60.9 Å². The van der Waals surface area contributed by atoms with Gasteiger partial charge in [-0.3, -0.25) is 9.78 Å². The number of aromatic nitrogens is 1. The van der Waals surface area contributed by atoms with Crippen molar-refractivity contribution in [1.29, 1.82) is 0 Å². The zero-order valence-corrected chi connectivity index (χ0v) is 13.9. The first kappa shape index (κ1) is 15.9. The zero-order chi connectivity index (χ0) is 17.1. The van der Waals surface area contributed by atoms with E-state index in [9.17, 15) is 4.79 Å². The molecule has 0 spiro atoms. The van der Waals surface area contributed by atoms with Crippen LogP contribution in [0.5, 0.6) is 11.5 Å². The van der Waals surface area contributed by atoms with Gasteiger partial charge >= 0.3 is 0 Å². The third-order valence-electron chi connectivity index (χ3n) is 4.43. The smallest absolute Gasteiger partial charge is 0.254 e. The molecule has 0 N–H and O–H groups in total. The summed E-state index contributed by atoms with van der Waals surface area (Å²) < 4.78 is 16.4. The van der Waals surface area contributed by atoms with Gasteiger partial charge in [0.2, 0.25) is 6.79 Å². The van der Waals surface area contributed by atoms with Crippen LogP contribution in [0.1, 0.15) is 28.9 Å². The number of amides is 1. The number of carbonyl (C=O) groups excluding carboxylic acids is 1. The van der Waals surface area contributed by atoms with E-state index in [4.69, 9.17) is 14.2 Å². The molecule has 1 aromatic carbocycles. The fourth-order valence-corrected chi connectivity index (χ4v) is 3.15. The van der Waals surface area contributed by atoms with Crippen molar-refractivity contribution in [2.45, 2.75) is 25.5 Å². The van der Waals surface area contributed by atoms with E-state index in [1.54, 1.807) is 29.3 Å². The third kappa shape index (κ3) is 3.58. The van der Waals surface area contributed by atoms with Crippen molar-refractivity contribution in [3.8, 4) is 11.5 Å². The Morgan fingerprint density at radius 2 is 2.12 bits per heavy atom. The average Bonchev–Trinajstić information content (AvgIpc) is 3.32. The molecule has 2 aliphatic rings. The number of benzene rings is 1. The van der Waals surface area contributed by atoms with E-state index in [1.165, 1.54) is 0 Å². The summed E-state index contributed by atoms with van der Waals surface area (Å²) in [6, 6.07) is 11.0. The van der Waals surface area contributed by atoms with E-state index in [2.05, 4.69) is 4.98 Å². The van der Waals surface area contributed by atoms with Gasteiger partial charge in [0.05, 0.1) is 18.3 Å². The van der Waals surface area contributed by atoms with Crippen LogP contribution in [0.2, 0.25) is 0 Å². The van der Waals surface area contributed by atoms with Gasteiger partial charge in [-0.1, -0.05) is 6.07 Å². The Morgan fingerprint density at radius 3 is 2.92 bits per heavy atom. The molecule has 4 rings (SSSR count). The summed E-state index contributed by atoms with van der Waals surface area (Å²) >= 11 is 0. The Labute approximate surface area is 146 Å². The summed E-state index contributed by atoms with van der Waals surface area (Å²) in [5.41, 5.74) is 1.44. The van der Waals surface area contributed by atoms with Gasteiger partial charge in [0.1, 0.15) is 0 Å². The molecular weight excluding hydrogens is 320 g/mol. The second-order valence-corrected chi connectivity index (χ2v) is 6.21. The van der Waals surface area contributed by atoms with Crippen LogP contribution >= 0.6 is 0 Å². The van der Waals surface area contributed by atoms with E-state index < -0.39 is 0 Å². The Morgan fingerprint density at radius 1 is 1.20 bits per heavy atom. The van der Waals surface area contributed by atoms with Crippen molar-refractivity contribution in [3.63, 3.8) is 0 Å². The summed E-state index contributed by atoms with van der Waals surface area (Å²) in [5, 5.41) is 0. The molecule has 6 heteroatoms. The van der Waals surface area contributed by atoms with E-state index in [0.29, 0.717) is 30.2 Å². The Balaban J connectivity index is 1.56. The minimum atomic E-state index is -0.0561. The van der Waals surface area contributed by atoms with Crippen molar-refractivity contribution in [2.75, 3.05) is 19.9 Å². The lowest BCUT2D eigenvalue weighted by molar-refractivity contribution is 0.0504. The summed E-state index contributed by atoms with van der Waals surface area (Å²) in [4.78, 5) is 19.2. The van der Waals surface area contributed by atoms with Gasteiger partial charge < -0.3 is 19.1 Å². The van der Waals surface area contributed by atoms with E-state index in [-0.39, 0.29) is 18.8 Å². The van der Waals surface area contributed by atoms with Crippen LogP contribution in [0.25, 0.3) is 0 Å². The summed E-state index contributed by atoms with van der Waals surface area (Å²) in [5.74, 6) is 1.23. The molecule has 0 aliphatic carbocycles. The first-order valence-corrected chi connectivity index (χ1v) is 8.50. The Bertz CT molecular complexity index is 744. The maximum absolute atomic E-state index is 13.1. The van der Waals surface area contributed by atoms with Crippen LogP contribution < -0.4 is 9.47 Å². The predicted octanol–water partition coefficient (Wildman–Crippen LogP) is 2.63. The van der Waals surface area contributed by atoms with Crippen LogP contribution in [-0.4, -0.2) is 41.8 Å². The lowest BCUT2D eigenvalue weighted by atomic mass is 10.1. The number of hydrogen-bond donors (Lipinski definition) is 0. The molecule has 6 nitrogen and oxygen atoms in total. The van der Waals surface area contributed by atoms with Crippen LogP contribution in [0.15, 0.2) is 42.6 Å². The second kappa shape index (κ2) is 7.11. The zero-order valence-electron chi connectivity index (χ0n) is 13.9. The number of fused-ring (bicyclic) bond motifs is 1. The van der Waals surface area contributed by atoms with Gasteiger partial charge in [0.15, 0.2) is 11.5 Å². The number of pyridine rings is 1. The molecular formula is C19H20N2O4. The van der Waals surface area contributed by atoms with E-state index >= 15 is 0 Å². The Hall–Kier alpha value is -2.60. The lowest BCUT2D eigenvalue weighted by Gasteiger charge is -2.25. The summed E-state index contributed by atoms with van der Waals surface area (Å²) in [6.45, 7) is 1.97. The monoisotopic (exact) mass is 340 g/mol. The molecule has 3 heterocycles. The molecule has 0 radical (unpaired) electrons. The SMILES string of the molecule is O=C(c1ccc2c(c1)OCO2)N(Cc1ccccn1)C[C@H]1CCCO1. The second-order valence-electron chi connectivity index (χ2n) is 6.21. The van der Waals surface area contributed by atoms with Crippen LogP contribution in [0.4, 0.5) is 0 Å². The highest BCUT2D eigenvalue weighted by Crippen LogP contribution is 2.33. The molecule has 1 saturated heterocycles. The van der Waals surface area contributed by atoms with Crippen LogP contribution in [-0.2, 0) is 11.3 Å². The number of nitrogens with zero attached hydrogens (tertiary/aromatic N) is 2. The molecule has 2 aliphatic heterocycles. The molecule has 0 unspecified atom stereocenters.